The molecule has 3 fully saturated rings. The summed E-state index contributed by atoms with van der Waals surface area (Å²) in [4.78, 5) is 6.71. The van der Waals surface area contributed by atoms with Gasteiger partial charge in [0.05, 0.1) is 19.8 Å². The van der Waals surface area contributed by atoms with E-state index in [1.54, 1.807) is 18.3 Å². The third kappa shape index (κ3) is 4.62. The summed E-state index contributed by atoms with van der Waals surface area (Å²) < 4.78 is 18.0. The quantitative estimate of drug-likeness (QED) is 0.502. The van der Waals surface area contributed by atoms with E-state index in [4.69, 9.17) is 13.3 Å². The smallest absolute Gasteiger partial charge is 0.501 e. The van der Waals surface area contributed by atoms with Crippen LogP contribution >= 0.6 is 0 Å². The van der Waals surface area contributed by atoms with Gasteiger partial charge >= 0.3 is 8.80 Å². The van der Waals surface area contributed by atoms with Gasteiger partial charge in [0, 0.05) is 44.0 Å². The Hall–Kier alpha value is -1.25. The molecule has 0 aliphatic carbocycles. The number of aromatic hydroxyl groups is 1. The van der Waals surface area contributed by atoms with Crippen molar-refractivity contribution in [3.05, 3.63) is 29.8 Å². The van der Waals surface area contributed by atoms with Crippen molar-refractivity contribution < 1.29 is 18.4 Å². The third-order valence-corrected chi connectivity index (χ3v) is 7.02. The summed E-state index contributed by atoms with van der Waals surface area (Å²) in [5.74, 6) is 0.254. The van der Waals surface area contributed by atoms with E-state index >= 15 is 0 Å². The Balaban J connectivity index is 1.49. The highest BCUT2D eigenvalue weighted by Crippen LogP contribution is 2.22. The fraction of sp³-hybridized carbons (Fsp3) is 0.562. The van der Waals surface area contributed by atoms with Crippen LogP contribution in [0.3, 0.4) is 0 Å². The van der Waals surface area contributed by atoms with Crippen LogP contribution in [0, 0.1) is 0 Å². The summed E-state index contributed by atoms with van der Waals surface area (Å²) in [5, 5.41) is 9.70. The zero-order valence-electron chi connectivity index (χ0n) is 13.3. The second-order valence-corrected chi connectivity index (χ2v) is 8.50. The third-order valence-electron chi connectivity index (χ3n) is 4.13. The maximum absolute atomic E-state index is 9.70. The standard InChI is InChI=1S/C16H24N2O4Si/c19-16-5-2-1-4-15(16)14-17-6-3-13-23-20-10-7-18(8-11-21-23)9-12-22-23/h1-2,4-5,14,19H,3,6-13H2. The first-order chi connectivity index (χ1) is 11.3. The molecular weight excluding hydrogens is 312 g/mol. The molecule has 0 aromatic heterocycles. The molecule has 0 unspecified atom stereocenters. The molecule has 0 atom stereocenters. The van der Waals surface area contributed by atoms with Crippen LogP contribution in [0.25, 0.3) is 0 Å². The average molecular weight is 336 g/mol. The molecule has 7 heteroatoms. The average Bonchev–Trinajstić information content (AvgIpc) is 2.49. The number of phenolic OH excluding ortho intramolecular Hbond substituents is 1. The van der Waals surface area contributed by atoms with Crippen molar-refractivity contribution in [2.45, 2.75) is 12.5 Å². The molecule has 126 valence electrons. The van der Waals surface area contributed by atoms with Crippen molar-refractivity contribution in [1.82, 2.24) is 4.90 Å². The van der Waals surface area contributed by atoms with Crippen LogP contribution in [0.4, 0.5) is 0 Å². The zero-order chi connectivity index (χ0) is 16.0. The molecule has 0 amide bonds. The number of aliphatic imine (C=N–C) groups is 1. The molecule has 3 aliphatic heterocycles. The lowest BCUT2D eigenvalue weighted by Crippen LogP contribution is -2.55. The first-order valence-electron chi connectivity index (χ1n) is 8.19. The highest BCUT2D eigenvalue weighted by molar-refractivity contribution is 6.60. The van der Waals surface area contributed by atoms with Crippen molar-refractivity contribution in [3.63, 3.8) is 0 Å². The van der Waals surface area contributed by atoms with E-state index in [9.17, 15) is 5.11 Å². The molecule has 3 aliphatic rings. The van der Waals surface area contributed by atoms with Gasteiger partial charge in [-0.2, -0.15) is 0 Å². The molecule has 1 aromatic rings. The van der Waals surface area contributed by atoms with Crippen LogP contribution in [-0.2, 0) is 13.3 Å². The summed E-state index contributed by atoms with van der Waals surface area (Å²) in [5.41, 5.74) is 0.739. The molecule has 0 spiro atoms. The fourth-order valence-electron chi connectivity index (χ4n) is 2.81. The van der Waals surface area contributed by atoms with Crippen LogP contribution in [0.1, 0.15) is 12.0 Å². The van der Waals surface area contributed by atoms with Crippen LogP contribution in [0.5, 0.6) is 5.75 Å². The lowest BCUT2D eigenvalue weighted by atomic mass is 10.2. The van der Waals surface area contributed by atoms with E-state index in [1.807, 2.05) is 12.1 Å². The highest BCUT2D eigenvalue weighted by Gasteiger charge is 2.43. The van der Waals surface area contributed by atoms with Crippen molar-refractivity contribution in [2.24, 2.45) is 4.99 Å². The van der Waals surface area contributed by atoms with Crippen molar-refractivity contribution in [3.8, 4) is 5.75 Å². The maximum atomic E-state index is 9.70. The summed E-state index contributed by atoms with van der Waals surface area (Å²) in [7, 11) is -2.52. The molecule has 6 nitrogen and oxygen atoms in total. The van der Waals surface area contributed by atoms with Crippen molar-refractivity contribution in [1.29, 1.82) is 0 Å². The molecule has 0 saturated carbocycles. The number of hydrogen-bond donors (Lipinski definition) is 1. The number of rotatable bonds is 5. The van der Waals surface area contributed by atoms with Crippen LogP contribution in [0.15, 0.2) is 29.3 Å². The van der Waals surface area contributed by atoms with Gasteiger partial charge in [-0.15, -0.1) is 0 Å². The molecule has 4 rings (SSSR count). The first kappa shape index (κ1) is 16.6. The predicted molar refractivity (Wildman–Crippen MR) is 90.0 cm³/mol. The van der Waals surface area contributed by atoms with E-state index in [0.29, 0.717) is 26.4 Å². The van der Waals surface area contributed by atoms with Gasteiger partial charge in [-0.25, -0.2) is 0 Å². The Morgan fingerprint density at radius 1 is 1.09 bits per heavy atom. The number of para-hydroxylation sites is 1. The van der Waals surface area contributed by atoms with Gasteiger partial charge in [-0.3, -0.25) is 9.89 Å². The van der Waals surface area contributed by atoms with E-state index in [2.05, 4.69) is 9.89 Å². The Morgan fingerprint density at radius 2 is 1.74 bits per heavy atom. The maximum Gasteiger partial charge on any atom is 0.501 e. The van der Waals surface area contributed by atoms with E-state index < -0.39 is 8.80 Å². The van der Waals surface area contributed by atoms with E-state index in [0.717, 1.165) is 37.7 Å². The SMILES string of the molecule is Oc1ccccc1C=NCCC[Si]12OCCN(CCO1)CCO2. The lowest BCUT2D eigenvalue weighted by Gasteiger charge is -2.38. The molecule has 1 aromatic carbocycles. The Morgan fingerprint density at radius 3 is 2.39 bits per heavy atom. The van der Waals surface area contributed by atoms with Crippen molar-refractivity contribution >= 4 is 15.0 Å². The number of hydrogen-bond acceptors (Lipinski definition) is 6. The molecule has 3 heterocycles. The molecule has 2 bridgehead atoms. The Bertz CT molecular complexity index is 514. The van der Waals surface area contributed by atoms with Crippen LogP contribution in [-0.4, -0.2) is 71.0 Å². The predicted octanol–water partition coefficient (Wildman–Crippen LogP) is 1.52. The number of fused-ring (bicyclic) bond motifs is 6. The number of nitrogens with zero attached hydrogens (tertiary/aromatic N) is 2. The molecule has 3 saturated heterocycles. The monoisotopic (exact) mass is 336 g/mol. The van der Waals surface area contributed by atoms with Gasteiger partial charge in [0.25, 0.3) is 0 Å². The summed E-state index contributed by atoms with van der Waals surface area (Å²) in [6.07, 6.45) is 2.57. The van der Waals surface area contributed by atoms with Gasteiger partial charge in [0.2, 0.25) is 0 Å². The first-order valence-corrected chi connectivity index (χ1v) is 10.1. The fourth-order valence-corrected chi connectivity index (χ4v) is 5.30. The van der Waals surface area contributed by atoms with Crippen molar-refractivity contribution in [2.75, 3.05) is 46.0 Å². The molecule has 1 N–H and O–H groups in total. The number of benzene rings is 1. The van der Waals surface area contributed by atoms with Gasteiger partial charge in [-0.1, -0.05) is 12.1 Å². The van der Waals surface area contributed by atoms with Gasteiger partial charge in [0.15, 0.2) is 0 Å². The summed E-state index contributed by atoms with van der Waals surface area (Å²) in [6, 6.07) is 7.99. The largest absolute Gasteiger partial charge is 0.507 e. The minimum absolute atomic E-state index is 0.254. The normalized spacial score (nSPS) is 28.4. The second-order valence-electron chi connectivity index (χ2n) is 5.77. The lowest BCUT2D eigenvalue weighted by molar-refractivity contribution is -0.00841. The van der Waals surface area contributed by atoms with Gasteiger partial charge < -0.3 is 18.4 Å². The highest BCUT2D eigenvalue weighted by atomic mass is 28.4. The minimum atomic E-state index is -2.52. The Labute approximate surface area is 138 Å². The topological polar surface area (TPSA) is 63.5 Å². The van der Waals surface area contributed by atoms with Gasteiger partial charge in [-0.05, 0) is 18.6 Å². The molecule has 23 heavy (non-hydrogen) atoms. The molecule has 0 radical (unpaired) electrons. The summed E-state index contributed by atoms with van der Waals surface area (Å²) in [6.45, 7) is 5.63. The minimum Gasteiger partial charge on any atom is -0.507 e. The van der Waals surface area contributed by atoms with E-state index in [-0.39, 0.29) is 5.75 Å². The van der Waals surface area contributed by atoms with Crippen LogP contribution in [0.2, 0.25) is 6.04 Å². The van der Waals surface area contributed by atoms with Crippen LogP contribution < -0.4 is 0 Å². The Kier molecular flexibility index (Phi) is 5.79. The van der Waals surface area contributed by atoms with Gasteiger partial charge in [0.1, 0.15) is 5.75 Å². The van der Waals surface area contributed by atoms with E-state index in [1.165, 1.54) is 0 Å². The summed E-state index contributed by atoms with van der Waals surface area (Å²) >= 11 is 0. The number of phenols is 1. The second kappa shape index (κ2) is 8.03. The zero-order valence-corrected chi connectivity index (χ0v) is 14.3. The molecular formula is C16H24N2O4Si.